The molecule has 0 atom stereocenters. The normalized spacial score (nSPS) is 19.2. The fourth-order valence-electron chi connectivity index (χ4n) is 9.21. The summed E-state index contributed by atoms with van der Waals surface area (Å²) in [7, 11) is 0. The molecule has 0 aliphatic heterocycles. The van der Waals surface area contributed by atoms with Gasteiger partial charge in [0.05, 0.1) is 0 Å². The largest absolute Gasteiger partial charge is 3.00 e. The third-order valence-corrected chi connectivity index (χ3v) is 13.8. The van der Waals surface area contributed by atoms with E-state index < -0.39 is 0 Å². The summed E-state index contributed by atoms with van der Waals surface area (Å²) in [4.78, 5) is 4.94. The summed E-state index contributed by atoms with van der Waals surface area (Å²) in [6.45, 7) is 21.1. The van der Waals surface area contributed by atoms with Gasteiger partial charge in [0.1, 0.15) is 0 Å². The molecule has 3 aliphatic rings. The zero-order chi connectivity index (χ0) is 37.5. The molecule has 2 heterocycles. The van der Waals surface area contributed by atoms with Crippen molar-refractivity contribution in [3.63, 3.8) is 0 Å². The molecule has 3 aliphatic carbocycles. The van der Waals surface area contributed by atoms with Crippen LogP contribution in [0.15, 0.2) is 54.7 Å². The van der Waals surface area contributed by atoms with Gasteiger partial charge in [-0.1, -0.05) is 162 Å². The Labute approximate surface area is 344 Å². The van der Waals surface area contributed by atoms with Gasteiger partial charge in [-0.2, -0.15) is 0 Å². The SMILES string of the molecule is CC(C)(C)c1cc(-c2nccc3c2sc2cc4c(cc23)C(C)(C)CCC4(C)C)[c-]c2ccccc12.CC(C)C([N-]C1CCCCC1)[N-]C1CCCCC1.[Ir+3]. The van der Waals surface area contributed by atoms with E-state index in [0.29, 0.717) is 18.0 Å². The van der Waals surface area contributed by atoms with Gasteiger partial charge in [-0.3, -0.25) is 4.98 Å². The van der Waals surface area contributed by atoms with Crippen molar-refractivity contribution >= 4 is 42.3 Å². The number of nitrogens with zero attached hydrogens (tertiary/aromatic N) is 3. The number of aromatic nitrogens is 1. The Morgan fingerprint density at radius 1 is 0.741 bits per heavy atom. The smallest absolute Gasteiger partial charge is 0.675 e. The number of hydrogen-bond donors (Lipinski definition) is 0. The van der Waals surface area contributed by atoms with Gasteiger partial charge in [-0.25, -0.2) is 6.17 Å². The zero-order valence-corrected chi connectivity index (χ0v) is 37.8. The van der Waals surface area contributed by atoms with Crippen molar-refractivity contribution in [1.82, 2.24) is 4.98 Å². The Morgan fingerprint density at radius 3 is 1.89 bits per heavy atom. The van der Waals surface area contributed by atoms with Crippen LogP contribution in [0.5, 0.6) is 0 Å². The predicted molar refractivity (Wildman–Crippen MR) is 232 cm³/mol. The first-order valence-corrected chi connectivity index (χ1v) is 21.7. The van der Waals surface area contributed by atoms with Gasteiger partial charge < -0.3 is 10.6 Å². The van der Waals surface area contributed by atoms with Gasteiger partial charge in [0.15, 0.2) is 0 Å². The van der Waals surface area contributed by atoms with E-state index in [2.05, 4.69) is 117 Å². The number of hydrogen-bond acceptors (Lipinski definition) is 2. The molecule has 5 heteroatoms. The average Bonchev–Trinajstić information content (AvgIpc) is 3.51. The minimum absolute atomic E-state index is 0. The predicted octanol–water partition coefficient (Wildman–Crippen LogP) is 15.1. The number of thiophene rings is 1. The van der Waals surface area contributed by atoms with E-state index in [1.54, 1.807) is 0 Å². The maximum atomic E-state index is 5.06. The van der Waals surface area contributed by atoms with Crippen molar-refractivity contribution in [3.8, 4) is 11.3 Å². The second kappa shape index (κ2) is 16.8. The number of fused-ring (bicyclic) bond motifs is 5. The molecule has 0 radical (unpaired) electrons. The molecule has 0 saturated heterocycles. The van der Waals surface area contributed by atoms with E-state index in [-0.39, 0.29) is 42.5 Å². The number of rotatable bonds is 6. The maximum absolute atomic E-state index is 5.06. The molecule has 2 aromatic heterocycles. The molecular weight excluding hydrogens is 855 g/mol. The molecule has 2 fully saturated rings. The van der Waals surface area contributed by atoms with Crippen LogP contribution in [0, 0.1) is 12.0 Å². The van der Waals surface area contributed by atoms with Crippen molar-refractivity contribution in [2.75, 3.05) is 0 Å². The molecule has 0 unspecified atom stereocenters. The standard InChI is InChI=1S/C33H34NS.C16H30N2.Ir/c1-31(2,3)25-17-21(16-20-10-8-9-11-22(20)25)29-30-23(12-15-34-29)24-18-26-27(19-28(24)35-30)33(6,7)14-13-32(26,4)5;1-13(2)16(17-14-9-5-3-6-10-14)18-15-11-7-4-8-12-15;/h8-12,15,17-19H,13-14H2,1-7H3;13-16H,3-12H2,1-2H3;/q-1;-2;+3. The van der Waals surface area contributed by atoms with Crippen LogP contribution in [0.2, 0.25) is 0 Å². The van der Waals surface area contributed by atoms with Crippen LogP contribution >= 0.6 is 11.3 Å². The molecule has 0 N–H and O–H groups in total. The molecule has 5 aromatic rings. The molecule has 2 saturated carbocycles. The van der Waals surface area contributed by atoms with Crippen molar-refractivity contribution < 1.29 is 20.1 Å². The van der Waals surface area contributed by atoms with Crippen LogP contribution in [0.4, 0.5) is 0 Å². The summed E-state index contributed by atoms with van der Waals surface area (Å²) in [5.41, 5.74) is 6.99. The summed E-state index contributed by atoms with van der Waals surface area (Å²) in [5.74, 6) is 0.578. The molecule has 0 bridgehead atoms. The second-order valence-corrected chi connectivity index (χ2v) is 20.3. The summed E-state index contributed by atoms with van der Waals surface area (Å²) < 4.78 is 2.64. The molecule has 8 rings (SSSR count). The van der Waals surface area contributed by atoms with Crippen LogP contribution in [0.1, 0.15) is 156 Å². The number of pyridine rings is 1. The molecule has 0 spiro atoms. The Balaban J connectivity index is 0.000000222. The van der Waals surface area contributed by atoms with Crippen molar-refractivity contribution in [2.45, 2.75) is 174 Å². The van der Waals surface area contributed by atoms with Crippen molar-refractivity contribution in [1.29, 1.82) is 0 Å². The minimum Gasteiger partial charge on any atom is -0.675 e. The van der Waals surface area contributed by atoms with Crippen LogP contribution in [-0.4, -0.2) is 23.2 Å². The monoisotopic (exact) mass is 919 g/mol. The van der Waals surface area contributed by atoms with Gasteiger partial charge >= 0.3 is 20.1 Å². The number of benzene rings is 3. The van der Waals surface area contributed by atoms with Gasteiger partial charge in [-0.15, -0.1) is 52.6 Å². The van der Waals surface area contributed by atoms with E-state index in [4.69, 9.17) is 15.6 Å². The second-order valence-electron chi connectivity index (χ2n) is 19.2. The van der Waals surface area contributed by atoms with Crippen molar-refractivity contribution in [2.24, 2.45) is 5.92 Å². The fourth-order valence-corrected chi connectivity index (χ4v) is 10.4. The summed E-state index contributed by atoms with van der Waals surface area (Å²) >= 11 is 1.89. The first-order chi connectivity index (χ1) is 25.2. The fraction of sp³-hybridized carbons (Fsp3) is 0.571. The van der Waals surface area contributed by atoms with Crippen LogP contribution in [0.3, 0.4) is 0 Å². The first kappa shape index (κ1) is 41.5. The van der Waals surface area contributed by atoms with E-state index in [1.165, 1.54) is 119 Å². The first-order valence-electron chi connectivity index (χ1n) is 20.9. The third-order valence-electron chi connectivity index (χ3n) is 12.7. The van der Waals surface area contributed by atoms with E-state index in [0.717, 1.165) is 16.6 Å². The van der Waals surface area contributed by atoms with Crippen LogP contribution in [0.25, 0.3) is 52.8 Å². The Bertz CT molecular complexity index is 2020. The third kappa shape index (κ3) is 8.87. The quantitative estimate of drug-likeness (QED) is 0.156. The summed E-state index contributed by atoms with van der Waals surface area (Å²) in [6, 6.07) is 23.1. The zero-order valence-electron chi connectivity index (χ0n) is 34.6. The topological polar surface area (TPSA) is 41.1 Å². The molecular formula is C49H64IrN3S. The molecule has 290 valence electrons. The minimum atomic E-state index is 0. The van der Waals surface area contributed by atoms with Crippen LogP contribution in [-0.2, 0) is 36.4 Å². The summed E-state index contributed by atoms with van der Waals surface area (Å²) in [5, 5.41) is 15.3. The molecule has 3 nitrogen and oxygen atoms in total. The maximum Gasteiger partial charge on any atom is 3.00 e. The Kier molecular flexibility index (Phi) is 12.9. The van der Waals surface area contributed by atoms with Gasteiger partial charge in [-0.05, 0) is 63.8 Å². The van der Waals surface area contributed by atoms with Gasteiger partial charge in [0.25, 0.3) is 0 Å². The summed E-state index contributed by atoms with van der Waals surface area (Å²) in [6.07, 6.45) is 18.3. The molecule has 0 amide bonds. The average molecular weight is 919 g/mol. The Morgan fingerprint density at radius 2 is 1.31 bits per heavy atom. The molecule has 3 aromatic carbocycles. The molecule has 54 heavy (non-hydrogen) atoms. The van der Waals surface area contributed by atoms with E-state index >= 15 is 0 Å². The van der Waals surface area contributed by atoms with Crippen LogP contribution < -0.4 is 0 Å². The van der Waals surface area contributed by atoms with Gasteiger partial charge in [0.2, 0.25) is 0 Å². The van der Waals surface area contributed by atoms with Gasteiger partial charge in [0, 0.05) is 26.7 Å². The van der Waals surface area contributed by atoms with Crippen molar-refractivity contribution in [3.05, 3.63) is 88.1 Å². The Hall–Kier alpha value is -2.14. The van der Waals surface area contributed by atoms with E-state index in [1.807, 2.05) is 17.5 Å². The van der Waals surface area contributed by atoms with E-state index in [9.17, 15) is 0 Å².